The van der Waals surface area contributed by atoms with Gasteiger partial charge in [-0.3, -0.25) is 0 Å². The average Bonchev–Trinajstić information content (AvgIpc) is 2.85. The number of rotatable bonds is 4. The first-order chi connectivity index (χ1) is 11.5. The second kappa shape index (κ2) is 6.49. The van der Waals surface area contributed by atoms with Crippen LogP contribution in [0.3, 0.4) is 0 Å². The molecule has 2 aromatic carbocycles. The Morgan fingerprint density at radius 1 is 1.12 bits per heavy atom. The van der Waals surface area contributed by atoms with Crippen molar-refractivity contribution in [2.75, 3.05) is 5.32 Å². The number of carbonyl (C=O) groups is 1. The van der Waals surface area contributed by atoms with E-state index >= 15 is 0 Å². The van der Waals surface area contributed by atoms with Gasteiger partial charge in [-0.25, -0.2) is 9.48 Å². The van der Waals surface area contributed by atoms with Crippen LogP contribution in [0.4, 0.5) is 11.5 Å². The highest BCUT2D eigenvalue weighted by atomic mass is 79.9. The molecule has 122 valence electrons. The highest BCUT2D eigenvalue weighted by molar-refractivity contribution is 9.10. The van der Waals surface area contributed by atoms with Crippen molar-refractivity contribution in [3.05, 3.63) is 69.8 Å². The van der Waals surface area contributed by atoms with Crippen molar-refractivity contribution >= 4 is 33.4 Å². The molecule has 0 aliphatic carbocycles. The van der Waals surface area contributed by atoms with Gasteiger partial charge in [0.15, 0.2) is 0 Å². The van der Waals surface area contributed by atoms with Crippen LogP contribution in [0.5, 0.6) is 0 Å². The highest BCUT2D eigenvalue weighted by Crippen LogP contribution is 2.33. The molecule has 3 aromatic rings. The van der Waals surface area contributed by atoms with Gasteiger partial charge in [0.05, 0.1) is 27.1 Å². The molecule has 3 rings (SSSR count). The maximum Gasteiger partial charge on any atom is 0.337 e. The van der Waals surface area contributed by atoms with Crippen LogP contribution >= 0.6 is 15.9 Å². The van der Waals surface area contributed by atoms with E-state index in [1.807, 2.05) is 50.2 Å². The Labute approximate surface area is 148 Å². The first kappa shape index (κ1) is 16.3. The van der Waals surface area contributed by atoms with E-state index in [0.29, 0.717) is 11.5 Å². The van der Waals surface area contributed by atoms with Gasteiger partial charge in [0.1, 0.15) is 5.82 Å². The normalized spacial score (nSPS) is 10.6. The van der Waals surface area contributed by atoms with Crippen LogP contribution < -0.4 is 5.32 Å². The summed E-state index contributed by atoms with van der Waals surface area (Å²) in [6, 6.07) is 14.9. The molecule has 0 amide bonds. The minimum Gasteiger partial charge on any atom is -0.478 e. The first-order valence-corrected chi connectivity index (χ1v) is 8.19. The Balaban J connectivity index is 2.14. The number of benzene rings is 2. The second-order valence-electron chi connectivity index (χ2n) is 5.42. The minimum atomic E-state index is -0.972. The lowest BCUT2D eigenvalue weighted by molar-refractivity contribution is 0.0698. The molecule has 0 radical (unpaired) electrons. The van der Waals surface area contributed by atoms with Crippen LogP contribution in [-0.4, -0.2) is 20.9 Å². The molecule has 0 fully saturated rings. The Bertz CT molecular complexity index is 904. The number of para-hydroxylation sites is 2. The van der Waals surface area contributed by atoms with Crippen LogP contribution in [0, 0.1) is 13.8 Å². The predicted molar refractivity (Wildman–Crippen MR) is 97.4 cm³/mol. The summed E-state index contributed by atoms with van der Waals surface area (Å²) < 4.78 is 2.56. The smallest absolute Gasteiger partial charge is 0.337 e. The summed E-state index contributed by atoms with van der Waals surface area (Å²) in [6.07, 6.45) is 0. The molecule has 0 aliphatic heterocycles. The number of hydrogen-bond acceptors (Lipinski definition) is 3. The quantitative estimate of drug-likeness (QED) is 0.683. The Hall–Kier alpha value is -2.60. The van der Waals surface area contributed by atoms with E-state index in [1.165, 1.54) is 0 Å². The fraction of sp³-hybridized carbons (Fsp3) is 0.111. The number of carboxylic acids is 1. The second-order valence-corrected chi connectivity index (χ2v) is 6.22. The molecule has 0 bridgehead atoms. The van der Waals surface area contributed by atoms with Gasteiger partial charge in [-0.1, -0.05) is 30.3 Å². The third kappa shape index (κ3) is 2.92. The number of nitrogens with zero attached hydrogens (tertiary/aromatic N) is 2. The SMILES string of the molecule is Cc1cccc(C(=O)O)c1Nc1c(Br)c(C)nn1-c1ccccc1. The van der Waals surface area contributed by atoms with E-state index in [2.05, 4.69) is 26.3 Å². The van der Waals surface area contributed by atoms with Crippen LogP contribution in [-0.2, 0) is 0 Å². The third-order valence-corrected chi connectivity index (χ3v) is 4.68. The molecule has 24 heavy (non-hydrogen) atoms. The molecule has 0 unspecified atom stereocenters. The van der Waals surface area contributed by atoms with Crippen LogP contribution in [0.15, 0.2) is 53.0 Å². The van der Waals surface area contributed by atoms with E-state index in [0.717, 1.165) is 21.4 Å². The lowest BCUT2D eigenvalue weighted by Gasteiger charge is -2.14. The number of nitrogens with one attached hydrogen (secondary N) is 1. The standard InChI is InChI=1S/C18H16BrN3O2/c1-11-7-6-10-14(18(23)24)16(11)20-17-15(19)12(2)21-22(17)13-8-4-3-5-9-13/h3-10,20H,1-2H3,(H,23,24). The molecule has 0 spiro atoms. The number of anilines is 2. The lowest BCUT2D eigenvalue weighted by Crippen LogP contribution is -2.08. The molecule has 5 nitrogen and oxygen atoms in total. The van der Waals surface area contributed by atoms with Crippen molar-refractivity contribution in [3.63, 3.8) is 0 Å². The Kier molecular flexibility index (Phi) is 4.40. The number of aromatic nitrogens is 2. The molecule has 0 atom stereocenters. The zero-order valence-corrected chi connectivity index (χ0v) is 14.8. The molecule has 0 saturated carbocycles. The summed E-state index contributed by atoms with van der Waals surface area (Å²) in [6.45, 7) is 3.77. The van der Waals surface area contributed by atoms with Crippen molar-refractivity contribution in [2.45, 2.75) is 13.8 Å². The summed E-state index contributed by atoms with van der Waals surface area (Å²) >= 11 is 3.55. The van der Waals surface area contributed by atoms with Crippen molar-refractivity contribution in [1.82, 2.24) is 9.78 Å². The lowest BCUT2D eigenvalue weighted by atomic mass is 10.1. The number of hydrogen-bond donors (Lipinski definition) is 2. The van der Waals surface area contributed by atoms with Crippen molar-refractivity contribution in [2.24, 2.45) is 0 Å². The van der Waals surface area contributed by atoms with E-state index in [4.69, 9.17) is 0 Å². The Morgan fingerprint density at radius 2 is 1.83 bits per heavy atom. The molecule has 0 aliphatic rings. The number of halogens is 1. The zero-order valence-electron chi connectivity index (χ0n) is 13.2. The van der Waals surface area contributed by atoms with Gasteiger partial charge in [-0.15, -0.1) is 0 Å². The predicted octanol–water partition coefficient (Wildman–Crippen LogP) is 4.69. The fourth-order valence-electron chi connectivity index (χ4n) is 2.50. The maximum absolute atomic E-state index is 11.5. The van der Waals surface area contributed by atoms with Gasteiger partial charge in [0.25, 0.3) is 0 Å². The third-order valence-electron chi connectivity index (χ3n) is 3.73. The zero-order chi connectivity index (χ0) is 17.3. The topological polar surface area (TPSA) is 67.2 Å². The van der Waals surface area contributed by atoms with Gasteiger partial charge in [0.2, 0.25) is 0 Å². The summed E-state index contributed by atoms with van der Waals surface area (Å²) in [5.74, 6) is -0.282. The van der Waals surface area contributed by atoms with Crippen LogP contribution in [0.25, 0.3) is 5.69 Å². The molecular formula is C18H16BrN3O2. The van der Waals surface area contributed by atoms with Crippen LogP contribution in [0.2, 0.25) is 0 Å². The van der Waals surface area contributed by atoms with E-state index in [-0.39, 0.29) is 5.56 Å². The number of aromatic carboxylic acids is 1. The van der Waals surface area contributed by atoms with Gasteiger partial charge in [-0.2, -0.15) is 5.10 Å². The molecule has 6 heteroatoms. The molecular weight excluding hydrogens is 370 g/mol. The average molecular weight is 386 g/mol. The molecule has 1 heterocycles. The van der Waals surface area contributed by atoms with E-state index in [1.54, 1.807) is 16.8 Å². The van der Waals surface area contributed by atoms with E-state index < -0.39 is 5.97 Å². The first-order valence-electron chi connectivity index (χ1n) is 7.39. The molecule has 1 aromatic heterocycles. The molecule has 2 N–H and O–H groups in total. The van der Waals surface area contributed by atoms with Crippen molar-refractivity contribution in [3.8, 4) is 5.69 Å². The fourth-order valence-corrected chi connectivity index (χ4v) is 2.85. The number of aryl methyl sites for hydroxylation is 2. The maximum atomic E-state index is 11.5. The highest BCUT2D eigenvalue weighted by Gasteiger charge is 2.18. The van der Waals surface area contributed by atoms with Gasteiger partial charge >= 0.3 is 5.97 Å². The summed E-state index contributed by atoms with van der Waals surface area (Å²) in [4.78, 5) is 11.5. The Morgan fingerprint density at radius 3 is 2.50 bits per heavy atom. The van der Waals surface area contributed by atoms with Gasteiger partial charge in [0, 0.05) is 0 Å². The van der Waals surface area contributed by atoms with Crippen LogP contribution in [0.1, 0.15) is 21.6 Å². The summed E-state index contributed by atoms with van der Waals surface area (Å²) in [5.41, 5.74) is 3.33. The summed E-state index contributed by atoms with van der Waals surface area (Å²) in [5, 5.41) is 17.2. The minimum absolute atomic E-state index is 0.223. The van der Waals surface area contributed by atoms with Gasteiger partial charge < -0.3 is 10.4 Å². The van der Waals surface area contributed by atoms with Crippen molar-refractivity contribution < 1.29 is 9.90 Å². The van der Waals surface area contributed by atoms with Crippen molar-refractivity contribution in [1.29, 1.82) is 0 Å². The summed E-state index contributed by atoms with van der Waals surface area (Å²) in [7, 11) is 0. The van der Waals surface area contributed by atoms with E-state index in [9.17, 15) is 9.90 Å². The largest absolute Gasteiger partial charge is 0.478 e. The number of carboxylic acid groups (broad SMARTS) is 1. The monoisotopic (exact) mass is 385 g/mol. The van der Waals surface area contributed by atoms with Gasteiger partial charge in [-0.05, 0) is 53.5 Å². The molecule has 0 saturated heterocycles.